The minimum atomic E-state index is -0.531. The van der Waals surface area contributed by atoms with Crippen LogP contribution in [-0.4, -0.2) is 36.9 Å². The molecule has 1 aliphatic heterocycles. The van der Waals surface area contributed by atoms with E-state index in [1.165, 1.54) is 5.56 Å². The summed E-state index contributed by atoms with van der Waals surface area (Å²) in [5, 5.41) is 3.45. The van der Waals surface area contributed by atoms with Gasteiger partial charge in [-0.15, -0.1) is 0 Å². The SMILES string of the molecule is O=C1c2ccccc2CC1(c1ccccc1)N1CCCNCC1. The summed E-state index contributed by atoms with van der Waals surface area (Å²) in [5.41, 5.74) is 2.67. The number of Topliss-reactive ketones (excluding diaryl/α,β-unsaturated/α-hetero) is 1. The maximum absolute atomic E-state index is 13.5. The first kappa shape index (κ1) is 14.6. The molecule has 23 heavy (non-hydrogen) atoms. The lowest BCUT2D eigenvalue weighted by molar-refractivity contribution is 0.0584. The van der Waals surface area contributed by atoms with Gasteiger partial charge in [-0.2, -0.15) is 0 Å². The Balaban J connectivity index is 1.85. The minimum Gasteiger partial charge on any atom is -0.315 e. The molecule has 1 fully saturated rings. The minimum absolute atomic E-state index is 0.265. The van der Waals surface area contributed by atoms with Crippen molar-refractivity contribution < 1.29 is 4.79 Å². The van der Waals surface area contributed by atoms with Gasteiger partial charge in [0.2, 0.25) is 0 Å². The summed E-state index contributed by atoms with van der Waals surface area (Å²) in [5.74, 6) is 0.265. The van der Waals surface area contributed by atoms with Crippen molar-refractivity contribution in [2.24, 2.45) is 0 Å². The first-order valence-electron chi connectivity index (χ1n) is 8.46. The van der Waals surface area contributed by atoms with Gasteiger partial charge in [0.25, 0.3) is 0 Å². The maximum Gasteiger partial charge on any atom is 0.188 e. The highest BCUT2D eigenvalue weighted by Crippen LogP contribution is 2.42. The number of nitrogens with zero attached hydrogens (tertiary/aromatic N) is 1. The molecule has 0 aromatic heterocycles. The van der Waals surface area contributed by atoms with E-state index in [0.29, 0.717) is 0 Å². The van der Waals surface area contributed by atoms with Crippen LogP contribution in [0.25, 0.3) is 0 Å². The van der Waals surface area contributed by atoms with Crippen LogP contribution in [0.4, 0.5) is 0 Å². The van der Waals surface area contributed by atoms with Crippen LogP contribution in [0.1, 0.15) is 27.9 Å². The molecule has 2 aromatic carbocycles. The zero-order chi connectivity index (χ0) is 15.7. The smallest absolute Gasteiger partial charge is 0.188 e. The Morgan fingerprint density at radius 3 is 2.52 bits per heavy atom. The van der Waals surface area contributed by atoms with Crippen LogP contribution in [-0.2, 0) is 12.0 Å². The fourth-order valence-electron chi connectivity index (χ4n) is 4.09. The Labute approximate surface area is 137 Å². The second-order valence-corrected chi connectivity index (χ2v) is 6.48. The summed E-state index contributed by atoms with van der Waals surface area (Å²) < 4.78 is 0. The van der Waals surface area contributed by atoms with E-state index in [9.17, 15) is 4.79 Å². The molecule has 1 heterocycles. The molecule has 0 radical (unpaired) electrons. The molecule has 2 aliphatic rings. The van der Waals surface area contributed by atoms with Crippen molar-refractivity contribution in [3.63, 3.8) is 0 Å². The molecule has 1 aliphatic carbocycles. The van der Waals surface area contributed by atoms with E-state index in [-0.39, 0.29) is 5.78 Å². The molecule has 2 aromatic rings. The lowest BCUT2D eigenvalue weighted by Crippen LogP contribution is -2.52. The van der Waals surface area contributed by atoms with Crippen molar-refractivity contribution in [3.8, 4) is 0 Å². The highest BCUT2D eigenvalue weighted by molar-refractivity contribution is 6.08. The third-order valence-corrected chi connectivity index (χ3v) is 5.22. The van der Waals surface area contributed by atoms with E-state index in [2.05, 4.69) is 28.4 Å². The quantitative estimate of drug-likeness (QED) is 0.926. The summed E-state index contributed by atoms with van der Waals surface area (Å²) in [6.45, 7) is 3.84. The van der Waals surface area contributed by atoms with Crippen molar-refractivity contribution in [2.45, 2.75) is 18.4 Å². The molecule has 1 saturated heterocycles. The Bertz CT molecular complexity index is 705. The molecule has 0 spiro atoms. The number of carbonyl (C=O) groups excluding carboxylic acids is 1. The third kappa shape index (κ3) is 2.32. The van der Waals surface area contributed by atoms with E-state index < -0.39 is 5.54 Å². The topological polar surface area (TPSA) is 32.3 Å². The molecular formula is C20H22N2O. The lowest BCUT2D eigenvalue weighted by atomic mass is 9.83. The number of fused-ring (bicyclic) bond motifs is 1. The van der Waals surface area contributed by atoms with E-state index in [1.807, 2.05) is 36.4 Å². The molecule has 0 saturated carbocycles. The average Bonchev–Trinajstić information content (AvgIpc) is 2.77. The van der Waals surface area contributed by atoms with E-state index in [4.69, 9.17) is 0 Å². The number of hydrogen-bond donors (Lipinski definition) is 1. The van der Waals surface area contributed by atoms with Crippen molar-refractivity contribution in [1.82, 2.24) is 10.2 Å². The van der Waals surface area contributed by atoms with Gasteiger partial charge in [0, 0.05) is 31.6 Å². The van der Waals surface area contributed by atoms with Gasteiger partial charge < -0.3 is 5.32 Å². The van der Waals surface area contributed by atoms with Crippen LogP contribution < -0.4 is 5.32 Å². The zero-order valence-electron chi connectivity index (χ0n) is 13.3. The number of hydrogen-bond acceptors (Lipinski definition) is 3. The first-order valence-corrected chi connectivity index (χ1v) is 8.46. The van der Waals surface area contributed by atoms with Crippen molar-refractivity contribution in [3.05, 3.63) is 71.3 Å². The van der Waals surface area contributed by atoms with Gasteiger partial charge >= 0.3 is 0 Å². The van der Waals surface area contributed by atoms with Crippen molar-refractivity contribution in [2.75, 3.05) is 26.2 Å². The van der Waals surface area contributed by atoms with E-state index in [0.717, 1.165) is 50.1 Å². The second kappa shape index (κ2) is 5.91. The molecule has 1 atom stereocenters. The van der Waals surface area contributed by atoms with Crippen LogP contribution in [0.15, 0.2) is 54.6 Å². The summed E-state index contributed by atoms with van der Waals surface area (Å²) in [6.07, 6.45) is 1.87. The van der Waals surface area contributed by atoms with Crippen molar-refractivity contribution in [1.29, 1.82) is 0 Å². The van der Waals surface area contributed by atoms with Gasteiger partial charge in [0.05, 0.1) is 0 Å². The van der Waals surface area contributed by atoms with Gasteiger partial charge in [0.15, 0.2) is 5.78 Å². The predicted molar refractivity (Wildman–Crippen MR) is 91.7 cm³/mol. The van der Waals surface area contributed by atoms with Gasteiger partial charge in [0.1, 0.15) is 5.54 Å². The molecule has 0 amide bonds. The van der Waals surface area contributed by atoms with Crippen LogP contribution in [0, 0.1) is 0 Å². The van der Waals surface area contributed by atoms with Gasteiger partial charge in [-0.25, -0.2) is 0 Å². The van der Waals surface area contributed by atoms with Crippen LogP contribution in [0.3, 0.4) is 0 Å². The molecule has 1 unspecified atom stereocenters. The lowest BCUT2D eigenvalue weighted by Gasteiger charge is -2.39. The molecule has 1 N–H and O–H groups in total. The Morgan fingerprint density at radius 1 is 0.913 bits per heavy atom. The molecule has 4 rings (SSSR count). The third-order valence-electron chi connectivity index (χ3n) is 5.22. The standard InChI is InChI=1S/C20H22N2O/c23-19-18-10-5-4-7-16(18)15-20(19,17-8-2-1-3-9-17)22-13-6-11-21-12-14-22/h1-5,7-10,21H,6,11-15H2. The largest absolute Gasteiger partial charge is 0.315 e. The van der Waals surface area contributed by atoms with E-state index >= 15 is 0 Å². The van der Waals surface area contributed by atoms with Crippen LogP contribution in [0.5, 0.6) is 0 Å². The summed E-state index contributed by atoms with van der Waals surface area (Å²) in [4.78, 5) is 15.9. The summed E-state index contributed by atoms with van der Waals surface area (Å²) >= 11 is 0. The van der Waals surface area contributed by atoms with Gasteiger partial charge in [-0.1, -0.05) is 54.6 Å². The highest BCUT2D eigenvalue weighted by Gasteiger charge is 2.50. The highest BCUT2D eigenvalue weighted by atomic mass is 16.1. The van der Waals surface area contributed by atoms with Gasteiger partial charge in [-0.05, 0) is 24.1 Å². The average molecular weight is 306 g/mol. The number of rotatable bonds is 2. The Hall–Kier alpha value is -1.97. The summed E-state index contributed by atoms with van der Waals surface area (Å²) in [6, 6.07) is 18.4. The Kier molecular flexibility index (Phi) is 3.76. The van der Waals surface area contributed by atoms with E-state index in [1.54, 1.807) is 0 Å². The predicted octanol–water partition coefficient (Wildman–Crippen LogP) is 2.62. The first-order chi connectivity index (χ1) is 11.3. The Morgan fingerprint density at radius 2 is 1.70 bits per heavy atom. The number of ketones is 1. The molecule has 0 bridgehead atoms. The molecular weight excluding hydrogens is 284 g/mol. The fourth-order valence-corrected chi connectivity index (χ4v) is 4.09. The second-order valence-electron chi connectivity index (χ2n) is 6.48. The fraction of sp³-hybridized carbons (Fsp3) is 0.350. The molecule has 3 heteroatoms. The van der Waals surface area contributed by atoms with Crippen LogP contribution in [0.2, 0.25) is 0 Å². The van der Waals surface area contributed by atoms with Crippen LogP contribution >= 0.6 is 0 Å². The number of nitrogens with one attached hydrogen (secondary N) is 1. The molecule has 118 valence electrons. The van der Waals surface area contributed by atoms with Gasteiger partial charge in [-0.3, -0.25) is 9.69 Å². The molecule has 3 nitrogen and oxygen atoms in total. The monoisotopic (exact) mass is 306 g/mol. The number of carbonyl (C=O) groups is 1. The zero-order valence-corrected chi connectivity index (χ0v) is 13.3. The maximum atomic E-state index is 13.5. The van der Waals surface area contributed by atoms with Crippen molar-refractivity contribution >= 4 is 5.78 Å². The normalized spacial score (nSPS) is 25.1. The summed E-state index contributed by atoms with van der Waals surface area (Å²) in [7, 11) is 0. The number of benzene rings is 2.